The van der Waals surface area contributed by atoms with Crippen molar-refractivity contribution in [1.29, 1.82) is 0 Å². The van der Waals surface area contributed by atoms with Crippen molar-refractivity contribution >= 4 is 29.6 Å². The maximum absolute atomic E-state index is 12.9. The Hall–Kier alpha value is -3.75. The van der Waals surface area contributed by atoms with Gasteiger partial charge in [-0.1, -0.05) is 0 Å². The maximum atomic E-state index is 12.9. The third kappa shape index (κ3) is 2.52. The number of ether oxygens (including phenoxy) is 2. The topological polar surface area (TPSA) is 91.4 Å². The molecule has 0 bridgehead atoms. The molecule has 188 valence electrons. The highest BCUT2D eigenvalue weighted by Gasteiger charge is 2.74. The molecule has 36 heavy (non-hydrogen) atoms. The van der Waals surface area contributed by atoms with Crippen LogP contribution < -0.4 is 19.7 Å². The van der Waals surface area contributed by atoms with Crippen LogP contribution in [0.2, 0.25) is 0 Å². The summed E-state index contributed by atoms with van der Waals surface area (Å²) in [4.78, 5) is 43.9. The third-order valence-electron chi connectivity index (χ3n) is 8.95. The van der Waals surface area contributed by atoms with Crippen LogP contribution >= 0.6 is 0 Å². The zero-order valence-corrected chi connectivity index (χ0v) is 20.9. The normalized spacial score (nSPS) is 29.3. The molecule has 9 nitrogen and oxygen atoms in total. The Labute approximate surface area is 209 Å². The van der Waals surface area contributed by atoms with Gasteiger partial charge in [-0.05, 0) is 60.4 Å². The average Bonchev–Trinajstić information content (AvgIpc) is 3.59. The number of benzene rings is 2. The first-order valence-electron chi connectivity index (χ1n) is 12.3. The first kappa shape index (κ1) is 22.7. The van der Waals surface area contributed by atoms with E-state index < -0.39 is 17.0 Å². The molecular weight excluding hydrogens is 460 g/mol. The van der Waals surface area contributed by atoms with Gasteiger partial charge in [0.1, 0.15) is 23.8 Å². The Morgan fingerprint density at radius 1 is 0.917 bits per heavy atom. The van der Waals surface area contributed by atoms with Gasteiger partial charge in [0.25, 0.3) is 0 Å². The van der Waals surface area contributed by atoms with Gasteiger partial charge < -0.3 is 24.6 Å². The van der Waals surface area contributed by atoms with Crippen LogP contribution in [0.3, 0.4) is 0 Å². The largest absolute Gasteiger partial charge is 0.497 e. The Morgan fingerprint density at radius 2 is 1.53 bits per heavy atom. The molecular formula is C27H30N4O5. The third-order valence-corrected chi connectivity index (χ3v) is 8.95. The smallest absolute Gasteiger partial charge is 0.221 e. The predicted octanol–water partition coefficient (Wildman–Crippen LogP) is 2.44. The van der Waals surface area contributed by atoms with Crippen molar-refractivity contribution in [2.45, 2.75) is 49.9 Å². The summed E-state index contributed by atoms with van der Waals surface area (Å²) in [5, 5.41) is 3.65. The highest BCUT2D eigenvalue weighted by atomic mass is 16.5. The molecule has 1 N–H and O–H groups in total. The summed E-state index contributed by atoms with van der Waals surface area (Å²) < 4.78 is 11.3. The van der Waals surface area contributed by atoms with E-state index in [4.69, 9.17) is 9.47 Å². The van der Waals surface area contributed by atoms with Crippen LogP contribution in [-0.4, -0.2) is 67.7 Å². The van der Waals surface area contributed by atoms with Gasteiger partial charge in [0.15, 0.2) is 0 Å². The second-order valence-electron chi connectivity index (χ2n) is 10.1. The number of carbonyl (C=O) groups is 3. The highest BCUT2D eigenvalue weighted by molar-refractivity contribution is 5.89. The first-order chi connectivity index (χ1) is 17.3. The zero-order valence-electron chi connectivity index (χ0n) is 20.9. The molecule has 0 unspecified atom stereocenters. The molecule has 0 spiro atoms. The van der Waals surface area contributed by atoms with E-state index in [9.17, 15) is 14.4 Å². The van der Waals surface area contributed by atoms with E-state index in [1.807, 2.05) is 35.2 Å². The average molecular weight is 491 g/mol. The lowest BCUT2D eigenvalue weighted by Crippen LogP contribution is -2.63. The molecule has 2 saturated heterocycles. The molecule has 2 aromatic rings. The molecule has 2 aromatic carbocycles. The van der Waals surface area contributed by atoms with E-state index in [0.29, 0.717) is 31.7 Å². The van der Waals surface area contributed by atoms with Crippen LogP contribution in [0.5, 0.6) is 11.5 Å². The Morgan fingerprint density at radius 3 is 2.17 bits per heavy atom. The molecule has 2 fully saturated rings. The number of rotatable bonds is 4. The number of carbonyl (C=O) groups excluding carboxylic acids is 3. The number of hydrogen-bond donors (Lipinski definition) is 1. The van der Waals surface area contributed by atoms with Crippen molar-refractivity contribution in [1.82, 2.24) is 9.80 Å². The van der Waals surface area contributed by atoms with E-state index in [-0.39, 0.29) is 18.0 Å². The molecule has 0 saturated carbocycles. The lowest BCUT2D eigenvalue weighted by molar-refractivity contribution is -0.132. The van der Waals surface area contributed by atoms with Gasteiger partial charge in [0, 0.05) is 38.3 Å². The van der Waals surface area contributed by atoms with E-state index in [0.717, 1.165) is 34.7 Å². The number of anilines is 2. The molecule has 0 aliphatic carbocycles. The van der Waals surface area contributed by atoms with Crippen LogP contribution in [0.1, 0.15) is 37.8 Å². The Kier molecular flexibility index (Phi) is 4.81. The summed E-state index contributed by atoms with van der Waals surface area (Å²) in [6.07, 6.45) is 1.29. The first-order valence-corrected chi connectivity index (χ1v) is 12.3. The minimum atomic E-state index is -0.678. The molecule has 4 heterocycles. The van der Waals surface area contributed by atoms with E-state index in [1.165, 1.54) is 0 Å². The molecule has 3 amide bonds. The van der Waals surface area contributed by atoms with Gasteiger partial charge >= 0.3 is 0 Å². The maximum Gasteiger partial charge on any atom is 0.221 e. The Balaban J connectivity index is 1.70. The van der Waals surface area contributed by atoms with Crippen LogP contribution in [0.25, 0.3) is 0 Å². The number of likely N-dealkylation sites (tertiary alicyclic amines) is 2. The number of nitrogens with one attached hydrogen (secondary N) is 1. The summed E-state index contributed by atoms with van der Waals surface area (Å²) in [5.41, 5.74) is 2.44. The molecule has 4 atom stereocenters. The van der Waals surface area contributed by atoms with Crippen molar-refractivity contribution in [3.8, 4) is 11.5 Å². The lowest BCUT2D eigenvalue weighted by Gasteiger charge is -2.49. The van der Waals surface area contributed by atoms with Crippen molar-refractivity contribution in [3.05, 3.63) is 47.5 Å². The van der Waals surface area contributed by atoms with Crippen molar-refractivity contribution in [3.63, 3.8) is 0 Å². The van der Waals surface area contributed by atoms with E-state index in [1.54, 1.807) is 37.9 Å². The minimum absolute atomic E-state index is 0.0142. The van der Waals surface area contributed by atoms with Crippen molar-refractivity contribution in [2.24, 2.45) is 0 Å². The van der Waals surface area contributed by atoms with Crippen LogP contribution in [0.4, 0.5) is 11.4 Å². The van der Waals surface area contributed by atoms with Gasteiger partial charge in [0.2, 0.25) is 18.2 Å². The van der Waals surface area contributed by atoms with Crippen LogP contribution in [0.15, 0.2) is 36.4 Å². The molecule has 4 aliphatic rings. The monoisotopic (exact) mass is 490 g/mol. The SMILES string of the molecule is COc1ccc2c(c1)[C@]1([C@@]34CCN(C(C)=O)[C@@H]3Nc3ccc(OC)cc34)CCN(C(C)=O)[C@@H]1N2C=O. The molecule has 9 heteroatoms. The Bertz CT molecular complexity index is 1300. The summed E-state index contributed by atoms with van der Waals surface area (Å²) in [7, 11) is 3.27. The van der Waals surface area contributed by atoms with Gasteiger partial charge in [0.05, 0.1) is 25.0 Å². The molecule has 4 aliphatic heterocycles. The van der Waals surface area contributed by atoms with Gasteiger partial charge in [-0.25, -0.2) is 0 Å². The van der Waals surface area contributed by atoms with Crippen molar-refractivity contribution < 1.29 is 23.9 Å². The predicted molar refractivity (Wildman–Crippen MR) is 133 cm³/mol. The van der Waals surface area contributed by atoms with Gasteiger partial charge in [-0.3, -0.25) is 19.3 Å². The van der Waals surface area contributed by atoms with Crippen LogP contribution in [-0.2, 0) is 25.2 Å². The summed E-state index contributed by atoms with van der Waals surface area (Å²) in [6.45, 7) is 4.22. The molecule has 6 rings (SSSR count). The highest BCUT2D eigenvalue weighted by Crippen LogP contribution is 2.68. The quantitative estimate of drug-likeness (QED) is 0.662. The number of fused-ring (bicyclic) bond motifs is 7. The fourth-order valence-electron chi connectivity index (χ4n) is 7.62. The number of hydrogen-bond acceptors (Lipinski definition) is 6. The number of methoxy groups -OCH3 is 2. The van der Waals surface area contributed by atoms with E-state index >= 15 is 0 Å². The molecule has 0 aromatic heterocycles. The van der Waals surface area contributed by atoms with Crippen molar-refractivity contribution in [2.75, 3.05) is 37.5 Å². The lowest BCUT2D eigenvalue weighted by atomic mass is 9.55. The number of amides is 3. The van der Waals surface area contributed by atoms with Crippen LogP contribution in [0, 0.1) is 0 Å². The second kappa shape index (κ2) is 7.62. The van der Waals surface area contributed by atoms with Gasteiger partial charge in [-0.15, -0.1) is 0 Å². The summed E-state index contributed by atoms with van der Waals surface area (Å²) >= 11 is 0. The fraction of sp³-hybridized carbons (Fsp3) is 0.444. The minimum Gasteiger partial charge on any atom is -0.497 e. The molecule has 0 radical (unpaired) electrons. The van der Waals surface area contributed by atoms with Gasteiger partial charge in [-0.2, -0.15) is 0 Å². The number of nitrogens with zero attached hydrogens (tertiary/aromatic N) is 3. The van der Waals surface area contributed by atoms with E-state index in [2.05, 4.69) is 11.4 Å². The standard InChI is InChI=1S/C27H30N4O5/c1-16(33)29-11-9-26(20-13-18(35-3)5-7-22(20)28-24(26)29)27-10-12-30(17(2)34)25(27)31(15-32)23-8-6-19(36-4)14-21(23)27/h5-8,13-15,24-25,28H,9-12H2,1-4H3/t24-,25+,26+,27+/m0/s1. The zero-order chi connectivity index (χ0) is 25.4. The fourth-order valence-corrected chi connectivity index (χ4v) is 7.62. The second-order valence-corrected chi connectivity index (χ2v) is 10.1. The summed E-state index contributed by atoms with van der Waals surface area (Å²) in [5.74, 6) is 1.31. The summed E-state index contributed by atoms with van der Waals surface area (Å²) in [6, 6.07) is 11.7.